The van der Waals surface area contributed by atoms with Crippen LogP contribution in [-0.2, 0) is 6.54 Å². The monoisotopic (exact) mass is 231 g/mol. The standard InChI is InChI=1S/C10H14ClNOS/c11-10-2-1-9(13-10)6-12-5-8-3-4-14-7-8/h1-2,8,12H,3-7H2. The van der Waals surface area contributed by atoms with Gasteiger partial charge in [-0.2, -0.15) is 11.8 Å². The number of thioether (sulfide) groups is 1. The Labute approximate surface area is 93.4 Å². The van der Waals surface area contributed by atoms with Crippen molar-refractivity contribution < 1.29 is 4.42 Å². The molecule has 14 heavy (non-hydrogen) atoms. The van der Waals surface area contributed by atoms with Gasteiger partial charge in [0, 0.05) is 0 Å². The van der Waals surface area contributed by atoms with Crippen molar-refractivity contribution in [3.63, 3.8) is 0 Å². The van der Waals surface area contributed by atoms with Gasteiger partial charge in [-0.1, -0.05) is 0 Å². The number of rotatable bonds is 4. The predicted octanol–water partition coefficient (Wildman–Crippen LogP) is 2.78. The molecular formula is C10H14ClNOS. The number of hydrogen-bond acceptors (Lipinski definition) is 3. The van der Waals surface area contributed by atoms with E-state index < -0.39 is 0 Å². The van der Waals surface area contributed by atoms with Crippen molar-refractivity contribution in [2.45, 2.75) is 13.0 Å². The molecule has 1 N–H and O–H groups in total. The Hall–Kier alpha value is -0.120. The topological polar surface area (TPSA) is 25.2 Å². The summed E-state index contributed by atoms with van der Waals surface area (Å²) in [7, 11) is 0. The molecule has 2 rings (SSSR count). The average Bonchev–Trinajstić information content (AvgIpc) is 2.77. The smallest absolute Gasteiger partial charge is 0.193 e. The van der Waals surface area contributed by atoms with Crippen LogP contribution >= 0.6 is 23.4 Å². The third kappa shape index (κ3) is 2.94. The van der Waals surface area contributed by atoms with Crippen molar-refractivity contribution in [1.82, 2.24) is 5.32 Å². The summed E-state index contributed by atoms with van der Waals surface area (Å²) in [4.78, 5) is 0. The SMILES string of the molecule is Clc1ccc(CNCC2CCSC2)o1. The summed E-state index contributed by atoms with van der Waals surface area (Å²) in [6, 6.07) is 3.70. The van der Waals surface area contributed by atoms with Gasteiger partial charge in [0.25, 0.3) is 0 Å². The summed E-state index contributed by atoms with van der Waals surface area (Å²) in [5, 5.41) is 3.86. The van der Waals surface area contributed by atoms with Crippen LogP contribution in [-0.4, -0.2) is 18.1 Å². The lowest BCUT2D eigenvalue weighted by molar-refractivity contribution is 0.458. The Morgan fingerprint density at radius 2 is 2.50 bits per heavy atom. The molecule has 0 aliphatic carbocycles. The van der Waals surface area contributed by atoms with Crippen LogP contribution in [0.1, 0.15) is 12.2 Å². The third-order valence-electron chi connectivity index (χ3n) is 2.39. The van der Waals surface area contributed by atoms with E-state index in [0.29, 0.717) is 5.22 Å². The molecular weight excluding hydrogens is 218 g/mol. The molecule has 0 aromatic carbocycles. The van der Waals surface area contributed by atoms with E-state index in [2.05, 4.69) is 5.32 Å². The van der Waals surface area contributed by atoms with Gasteiger partial charge in [-0.05, 0) is 54.1 Å². The van der Waals surface area contributed by atoms with Gasteiger partial charge >= 0.3 is 0 Å². The van der Waals surface area contributed by atoms with Gasteiger partial charge in [-0.3, -0.25) is 0 Å². The zero-order valence-electron chi connectivity index (χ0n) is 7.96. The van der Waals surface area contributed by atoms with Crippen LogP contribution in [0.2, 0.25) is 5.22 Å². The summed E-state index contributed by atoms with van der Waals surface area (Å²) in [5.41, 5.74) is 0. The molecule has 78 valence electrons. The lowest BCUT2D eigenvalue weighted by atomic mass is 10.1. The van der Waals surface area contributed by atoms with Crippen LogP contribution < -0.4 is 5.32 Å². The van der Waals surface area contributed by atoms with E-state index in [1.165, 1.54) is 17.9 Å². The summed E-state index contributed by atoms with van der Waals surface area (Å²) >= 11 is 7.72. The predicted molar refractivity (Wildman–Crippen MR) is 60.9 cm³/mol. The van der Waals surface area contributed by atoms with Crippen molar-refractivity contribution in [3.05, 3.63) is 23.1 Å². The Morgan fingerprint density at radius 1 is 1.57 bits per heavy atom. The molecule has 1 aliphatic heterocycles. The number of halogens is 1. The summed E-state index contributed by atoms with van der Waals surface area (Å²) < 4.78 is 5.25. The minimum atomic E-state index is 0.471. The van der Waals surface area contributed by atoms with Crippen LogP contribution in [0.4, 0.5) is 0 Å². The maximum Gasteiger partial charge on any atom is 0.193 e. The van der Waals surface area contributed by atoms with Crippen LogP contribution in [0, 0.1) is 5.92 Å². The van der Waals surface area contributed by atoms with Crippen molar-refractivity contribution >= 4 is 23.4 Å². The molecule has 0 amide bonds. The van der Waals surface area contributed by atoms with Gasteiger partial charge in [0.15, 0.2) is 5.22 Å². The Morgan fingerprint density at radius 3 is 3.14 bits per heavy atom. The molecule has 2 heterocycles. The molecule has 0 radical (unpaired) electrons. The molecule has 2 nitrogen and oxygen atoms in total. The minimum absolute atomic E-state index is 0.471. The summed E-state index contributed by atoms with van der Waals surface area (Å²) in [5.74, 6) is 4.37. The minimum Gasteiger partial charge on any atom is -0.448 e. The fourth-order valence-electron chi connectivity index (χ4n) is 1.59. The molecule has 1 atom stereocenters. The molecule has 1 aromatic heterocycles. The van der Waals surface area contributed by atoms with E-state index in [9.17, 15) is 0 Å². The van der Waals surface area contributed by atoms with Gasteiger partial charge in [-0.15, -0.1) is 0 Å². The van der Waals surface area contributed by atoms with E-state index in [1.54, 1.807) is 6.07 Å². The van der Waals surface area contributed by atoms with Crippen LogP contribution in [0.15, 0.2) is 16.5 Å². The number of nitrogens with one attached hydrogen (secondary N) is 1. The van der Waals surface area contributed by atoms with Crippen LogP contribution in [0.25, 0.3) is 0 Å². The molecule has 0 saturated carbocycles. The van der Waals surface area contributed by atoms with Crippen molar-refractivity contribution in [2.75, 3.05) is 18.1 Å². The van der Waals surface area contributed by atoms with Gasteiger partial charge in [0.05, 0.1) is 6.54 Å². The highest BCUT2D eigenvalue weighted by Crippen LogP contribution is 2.22. The summed E-state index contributed by atoms with van der Waals surface area (Å²) in [6.07, 6.45) is 1.34. The molecule has 0 spiro atoms. The first kappa shape index (κ1) is 10.4. The molecule has 1 fully saturated rings. The Bertz CT molecular complexity index is 283. The van der Waals surface area contributed by atoms with Gasteiger partial charge < -0.3 is 9.73 Å². The zero-order chi connectivity index (χ0) is 9.80. The maximum atomic E-state index is 5.67. The van der Waals surface area contributed by atoms with Crippen molar-refractivity contribution in [2.24, 2.45) is 5.92 Å². The molecule has 1 unspecified atom stereocenters. The second-order valence-electron chi connectivity index (χ2n) is 3.57. The van der Waals surface area contributed by atoms with Crippen LogP contribution in [0.3, 0.4) is 0 Å². The lowest BCUT2D eigenvalue weighted by Crippen LogP contribution is -2.21. The van der Waals surface area contributed by atoms with E-state index >= 15 is 0 Å². The molecule has 1 aliphatic rings. The van der Waals surface area contributed by atoms with Gasteiger partial charge in [0.1, 0.15) is 5.76 Å². The largest absolute Gasteiger partial charge is 0.448 e. The Balaban J connectivity index is 1.67. The number of hydrogen-bond donors (Lipinski definition) is 1. The fraction of sp³-hybridized carbons (Fsp3) is 0.600. The second kappa shape index (κ2) is 5.10. The fourth-order valence-corrected chi connectivity index (χ4v) is 3.04. The molecule has 4 heteroatoms. The highest BCUT2D eigenvalue weighted by molar-refractivity contribution is 7.99. The molecule has 0 bridgehead atoms. The first-order valence-electron chi connectivity index (χ1n) is 4.87. The van der Waals surface area contributed by atoms with Gasteiger partial charge in [0.2, 0.25) is 0 Å². The van der Waals surface area contributed by atoms with E-state index in [-0.39, 0.29) is 0 Å². The summed E-state index contributed by atoms with van der Waals surface area (Å²) in [6.45, 7) is 1.87. The van der Waals surface area contributed by atoms with E-state index in [1.807, 2.05) is 17.8 Å². The first-order valence-corrected chi connectivity index (χ1v) is 6.40. The number of furan rings is 1. The van der Waals surface area contributed by atoms with E-state index in [0.717, 1.165) is 24.8 Å². The highest BCUT2D eigenvalue weighted by atomic mass is 35.5. The molecule has 1 aromatic rings. The first-order chi connectivity index (χ1) is 6.84. The Kier molecular flexibility index (Phi) is 3.79. The maximum absolute atomic E-state index is 5.67. The third-order valence-corrected chi connectivity index (χ3v) is 3.82. The average molecular weight is 232 g/mol. The zero-order valence-corrected chi connectivity index (χ0v) is 9.53. The molecule has 1 saturated heterocycles. The van der Waals surface area contributed by atoms with Crippen LogP contribution in [0.5, 0.6) is 0 Å². The van der Waals surface area contributed by atoms with E-state index in [4.69, 9.17) is 16.0 Å². The normalized spacial score (nSPS) is 21.6. The second-order valence-corrected chi connectivity index (χ2v) is 5.09. The van der Waals surface area contributed by atoms with Crippen molar-refractivity contribution in [3.8, 4) is 0 Å². The highest BCUT2D eigenvalue weighted by Gasteiger charge is 2.14. The quantitative estimate of drug-likeness (QED) is 0.863. The van der Waals surface area contributed by atoms with Crippen molar-refractivity contribution in [1.29, 1.82) is 0 Å². The lowest BCUT2D eigenvalue weighted by Gasteiger charge is -2.08. The van der Waals surface area contributed by atoms with Gasteiger partial charge in [-0.25, -0.2) is 0 Å².